The second-order valence-corrected chi connectivity index (χ2v) is 16.1. The molecule has 0 aliphatic heterocycles. The van der Waals surface area contributed by atoms with Gasteiger partial charge in [-0.3, -0.25) is 0 Å². The molecule has 3 aliphatic rings. The number of aromatic nitrogens is 1. The summed E-state index contributed by atoms with van der Waals surface area (Å²) in [5.74, 6) is 0. The number of rotatable bonds is 6. The lowest BCUT2D eigenvalue weighted by molar-refractivity contribution is 0.738. The fraction of sp³-hybridized carbons (Fsp3) is 0.226. The molecule has 0 radical (unpaired) electrons. The molecule has 11 rings (SSSR count). The van der Waals surface area contributed by atoms with Crippen LogP contribution in [0.3, 0.4) is 0 Å². The molecular formula is C62H69N3. The molecule has 0 saturated heterocycles. The van der Waals surface area contributed by atoms with Gasteiger partial charge in [-0.05, 0) is 107 Å². The van der Waals surface area contributed by atoms with Crippen molar-refractivity contribution in [3.8, 4) is 16.8 Å². The third kappa shape index (κ3) is 9.72. The number of fused-ring (bicyclic) bond motifs is 10. The summed E-state index contributed by atoms with van der Waals surface area (Å²) in [5.41, 5.74) is 22.2. The minimum absolute atomic E-state index is 0.352. The lowest BCUT2D eigenvalue weighted by Crippen LogP contribution is -2.29. The Morgan fingerprint density at radius 3 is 1.80 bits per heavy atom. The van der Waals surface area contributed by atoms with E-state index in [2.05, 4.69) is 176 Å². The summed E-state index contributed by atoms with van der Waals surface area (Å²) in [6.07, 6.45) is 16.2. The Balaban J connectivity index is 0.000000240. The van der Waals surface area contributed by atoms with Crippen molar-refractivity contribution < 1.29 is 0 Å². The van der Waals surface area contributed by atoms with Crippen LogP contribution in [0.4, 0.5) is 5.69 Å². The molecule has 0 spiro atoms. The van der Waals surface area contributed by atoms with Gasteiger partial charge in [0.15, 0.2) is 0 Å². The zero-order valence-electron chi connectivity index (χ0n) is 40.0. The van der Waals surface area contributed by atoms with Crippen molar-refractivity contribution in [3.05, 3.63) is 233 Å². The minimum atomic E-state index is -0.352. The van der Waals surface area contributed by atoms with Crippen LogP contribution in [0.1, 0.15) is 99.9 Å². The molecule has 1 atom stereocenters. The molecule has 0 amide bonds. The highest BCUT2D eigenvalue weighted by molar-refractivity contribution is 6.21. The summed E-state index contributed by atoms with van der Waals surface area (Å²) in [5, 5.41) is 7.16. The van der Waals surface area contributed by atoms with Gasteiger partial charge in [-0.2, -0.15) is 0 Å². The van der Waals surface area contributed by atoms with E-state index in [0.29, 0.717) is 0 Å². The lowest BCUT2D eigenvalue weighted by Gasteiger charge is -2.36. The Morgan fingerprint density at radius 1 is 0.631 bits per heavy atom. The fourth-order valence-electron chi connectivity index (χ4n) is 9.27. The van der Waals surface area contributed by atoms with Crippen molar-refractivity contribution in [2.75, 3.05) is 12.8 Å². The molecule has 3 N–H and O–H groups in total. The zero-order valence-corrected chi connectivity index (χ0v) is 40.0. The van der Waals surface area contributed by atoms with Gasteiger partial charge in [0, 0.05) is 28.7 Å². The number of hydrogen-bond acceptors (Lipinski definition) is 2. The Labute approximate surface area is 390 Å². The number of nitrogens with one attached hydrogen (secondary N) is 1. The van der Waals surface area contributed by atoms with Gasteiger partial charge >= 0.3 is 0 Å². The highest BCUT2D eigenvalue weighted by Crippen LogP contribution is 2.62. The summed E-state index contributed by atoms with van der Waals surface area (Å²) in [7, 11) is 1.95. The molecule has 0 fully saturated rings. The standard InChI is InChI=1S/C40H29N.C8H11N.C6H7N.C4H10.2C2H6/c1-26-22-24-29(25-23-26)41-35-21-11-19-33(35)37-36-32-18-9-10-20-34(32)40(28-14-5-6-15-28,27-12-3-2-4-13-27)38(36)30-16-7-8-17-31(30)39(37)41;1-9-7-8-5-3-2-4-6-8;7-6-4-2-1-3-5-6;1-3-4-2;2*1-2/h2-14,16-18,20-25H,15,19H2,1H3;2-6,9H,7H2,1H3;1-5H,7H2;3-4H2,1-2H3;2*1-2H3. The van der Waals surface area contributed by atoms with Gasteiger partial charge < -0.3 is 15.6 Å². The van der Waals surface area contributed by atoms with Crippen LogP contribution in [0.25, 0.3) is 44.6 Å². The van der Waals surface area contributed by atoms with Crippen molar-refractivity contribution in [3.63, 3.8) is 0 Å². The Morgan fingerprint density at radius 2 is 1.22 bits per heavy atom. The van der Waals surface area contributed by atoms with Crippen LogP contribution in [0.2, 0.25) is 0 Å². The molecule has 8 aromatic rings. The van der Waals surface area contributed by atoms with Crippen LogP contribution in [0.5, 0.6) is 0 Å². The van der Waals surface area contributed by atoms with Crippen LogP contribution in [-0.4, -0.2) is 11.6 Å². The topological polar surface area (TPSA) is 43.0 Å². The van der Waals surface area contributed by atoms with E-state index in [1.54, 1.807) is 0 Å². The number of nitrogen functional groups attached to an aromatic ring is 1. The molecule has 1 unspecified atom stereocenters. The van der Waals surface area contributed by atoms with E-state index in [1.807, 2.05) is 83.3 Å². The first-order valence-corrected chi connectivity index (χ1v) is 23.9. The monoisotopic (exact) mass is 856 g/mol. The first-order chi connectivity index (χ1) is 32.0. The molecular weight excluding hydrogens is 787 g/mol. The fourth-order valence-corrected chi connectivity index (χ4v) is 9.27. The molecule has 1 heterocycles. The van der Waals surface area contributed by atoms with E-state index in [9.17, 15) is 0 Å². The first-order valence-electron chi connectivity index (χ1n) is 23.9. The van der Waals surface area contributed by atoms with Gasteiger partial charge in [0.2, 0.25) is 0 Å². The molecule has 7 aromatic carbocycles. The summed E-state index contributed by atoms with van der Waals surface area (Å²) in [6.45, 7) is 15.5. The highest BCUT2D eigenvalue weighted by Gasteiger charge is 2.49. The van der Waals surface area contributed by atoms with Gasteiger partial charge in [0.05, 0.1) is 16.6 Å². The summed E-state index contributed by atoms with van der Waals surface area (Å²) in [4.78, 5) is 0. The Bertz CT molecular complexity index is 2820. The SMILES string of the molecule is CC.CC.CCCC.CNCc1ccccc1.Cc1ccc(-n2c3c(c4c5c(c6ccccc6c42)C(C2=CC=CC2)(c2ccccc2)c2ccccc2-5)CC=C3)cc1.Nc1ccccc1. The number of para-hydroxylation sites is 1. The Kier molecular flexibility index (Phi) is 17.1. The number of aryl methyl sites for hydroxylation is 1. The predicted octanol–water partition coefficient (Wildman–Crippen LogP) is 16.4. The third-order valence-electron chi connectivity index (χ3n) is 12.1. The normalized spacial score (nSPS) is 14.4. The second kappa shape index (κ2) is 23.3. The number of hydrogen-bond donors (Lipinski definition) is 2. The van der Waals surface area contributed by atoms with Crippen molar-refractivity contribution >= 4 is 33.4 Å². The van der Waals surface area contributed by atoms with Crippen LogP contribution >= 0.6 is 0 Å². The van der Waals surface area contributed by atoms with Gasteiger partial charge in [0.25, 0.3) is 0 Å². The molecule has 0 bridgehead atoms. The molecule has 3 aliphatic carbocycles. The van der Waals surface area contributed by atoms with E-state index >= 15 is 0 Å². The van der Waals surface area contributed by atoms with Crippen LogP contribution in [0, 0.1) is 6.92 Å². The number of unbranched alkanes of at least 4 members (excludes halogenated alkanes) is 1. The second-order valence-electron chi connectivity index (χ2n) is 16.1. The van der Waals surface area contributed by atoms with E-state index in [1.165, 1.54) is 96.0 Å². The van der Waals surface area contributed by atoms with Gasteiger partial charge in [0.1, 0.15) is 0 Å². The van der Waals surface area contributed by atoms with Gasteiger partial charge in [-0.15, -0.1) is 0 Å². The maximum Gasteiger partial charge on any atom is 0.0685 e. The average Bonchev–Trinajstić information content (AvgIpc) is 4.19. The van der Waals surface area contributed by atoms with Crippen LogP contribution in [0.15, 0.2) is 194 Å². The Hall–Kier alpha value is -6.68. The first kappa shape index (κ1) is 47.8. The van der Waals surface area contributed by atoms with Crippen molar-refractivity contribution in [2.45, 2.75) is 86.1 Å². The molecule has 65 heavy (non-hydrogen) atoms. The largest absolute Gasteiger partial charge is 0.399 e. The van der Waals surface area contributed by atoms with E-state index in [-0.39, 0.29) is 5.41 Å². The number of allylic oxidation sites excluding steroid dienone is 5. The van der Waals surface area contributed by atoms with Gasteiger partial charge in [-0.25, -0.2) is 0 Å². The molecule has 332 valence electrons. The smallest absolute Gasteiger partial charge is 0.0685 e. The van der Waals surface area contributed by atoms with E-state index < -0.39 is 0 Å². The molecule has 3 nitrogen and oxygen atoms in total. The average molecular weight is 856 g/mol. The maximum absolute atomic E-state index is 5.36. The van der Waals surface area contributed by atoms with Crippen LogP contribution in [-0.2, 0) is 18.4 Å². The molecule has 3 heteroatoms. The maximum atomic E-state index is 5.36. The number of nitrogens with two attached hydrogens (primary N) is 1. The van der Waals surface area contributed by atoms with Crippen LogP contribution < -0.4 is 11.1 Å². The molecule has 1 aromatic heterocycles. The number of nitrogens with zero attached hydrogens (tertiary/aromatic N) is 1. The van der Waals surface area contributed by atoms with Crippen molar-refractivity contribution in [1.82, 2.24) is 9.88 Å². The van der Waals surface area contributed by atoms with Crippen molar-refractivity contribution in [1.29, 1.82) is 0 Å². The lowest BCUT2D eigenvalue weighted by atomic mass is 9.65. The van der Waals surface area contributed by atoms with Gasteiger partial charge in [-0.1, -0.05) is 224 Å². The summed E-state index contributed by atoms with van der Waals surface area (Å²) < 4.78 is 2.53. The summed E-state index contributed by atoms with van der Waals surface area (Å²) >= 11 is 0. The number of anilines is 1. The van der Waals surface area contributed by atoms with Crippen molar-refractivity contribution in [2.24, 2.45) is 0 Å². The molecule has 0 saturated carbocycles. The third-order valence-corrected chi connectivity index (χ3v) is 12.1. The number of benzene rings is 7. The highest BCUT2D eigenvalue weighted by atomic mass is 15.0. The van der Waals surface area contributed by atoms with E-state index in [0.717, 1.165) is 25.1 Å². The zero-order chi connectivity index (χ0) is 46.2. The predicted molar refractivity (Wildman–Crippen MR) is 285 cm³/mol. The summed E-state index contributed by atoms with van der Waals surface area (Å²) in [6, 6.07) is 58.4. The quantitative estimate of drug-likeness (QED) is 0.164. The minimum Gasteiger partial charge on any atom is -0.399 e. The van der Waals surface area contributed by atoms with E-state index in [4.69, 9.17) is 5.73 Å².